The van der Waals surface area contributed by atoms with Crippen molar-refractivity contribution in [3.8, 4) is 0 Å². The van der Waals surface area contributed by atoms with Crippen molar-refractivity contribution in [1.29, 1.82) is 0 Å². The normalized spacial score (nSPS) is 11.1. The standard InChI is InChI=1S/C14H14BrClIN3O/c1-19(2)5-6-20-13(12(16)8-18-20)14(21)10-7-9(17)3-4-11(10)15/h3-4,7-8H,5-6H2,1-2H3. The summed E-state index contributed by atoms with van der Waals surface area (Å²) < 4.78 is 3.41. The van der Waals surface area contributed by atoms with Crippen molar-refractivity contribution in [2.75, 3.05) is 20.6 Å². The lowest BCUT2D eigenvalue weighted by Gasteiger charge is -2.12. The van der Waals surface area contributed by atoms with Crippen LogP contribution in [0.25, 0.3) is 0 Å². The number of benzene rings is 1. The van der Waals surface area contributed by atoms with Crippen molar-refractivity contribution in [3.05, 3.63) is 48.7 Å². The Morgan fingerprint density at radius 1 is 1.48 bits per heavy atom. The minimum Gasteiger partial charge on any atom is -0.308 e. The van der Waals surface area contributed by atoms with E-state index in [0.29, 0.717) is 22.8 Å². The molecule has 0 radical (unpaired) electrons. The molecule has 0 N–H and O–H groups in total. The molecular weight excluding hydrogens is 468 g/mol. The van der Waals surface area contributed by atoms with Crippen LogP contribution in [0.2, 0.25) is 5.02 Å². The largest absolute Gasteiger partial charge is 0.308 e. The smallest absolute Gasteiger partial charge is 0.213 e. The Balaban J connectivity index is 2.39. The molecule has 1 aromatic heterocycles. The summed E-state index contributed by atoms with van der Waals surface area (Å²) in [5.74, 6) is -0.123. The maximum absolute atomic E-state index is 12.8. The van der Waals surface area contributed by atoms with E-state index in [2.05, 4.69) is 43.6 Å². The highest BCUT2D eigenvalue weighted by Crippen LogP contribution is 2.25. The number of aromatic nitrogens is 2. The molecule has 0 spiro atoms. The Morgan fingerprint density at radius 2 is 2.19 bits per heavy atom. The predicted octanol–water partition coefficient (Wildman–Crippen LogP) is 3.70. The highest BCUT2D eigenvalue weighted by Gasteiger charge is 2.21. The van der Waals surface area contributed by atoms with Crippen molar-refractivity contribution < 1.29 is 4.79 Å². The number of ketones is 1. The SMILES string of the molecule is CN(C)CCn1ncc(Cl)c1C(=O)c1cc(I)ccc1Br. The van der Waals surface area contributed by atoms with E-state index < -0.39 is 0 Å². The maximum atomic E-state index is 12.8. The Hall–Kier alpha value is -0.440. The third kappa shape index (κ3) is 4.06. The van der Waals surface area contributed by atoms with Gasteiger partial charge in [0.25, 0.3) is 0 Å². The summed E-state index contributed by atoms with van der Waals surface area (Å²) in [5, 5.41) is 4.59. The van der Waals surface area contributed by atoms with Gasteiger partial charge in [0.15, 0.2) is 0 Å². The number of hydrogen-bond donors (Lipinski definition) is 0. The van der Waals surface area contributed by atoms with E-state index >= 15 is 0 Å². The first-order chi connectivity index (χ1) is 9.90. The molecule has 0 aliphatic carbocycles. The van der Waals surface area contributed by atoms with Crippen molar-refractivity contribution >= 4 is 55.9 Å². The van der Waals surface area contributed by atoms with Gasteiger partial charge < -0.3 is 4.90 Å². The van der Waals surface area contributed by atoms with Crippen LogP contribution in [-0.4, -0.2) is 41.1 Å². The first-order valence-corrected chi connectivity index (χ1v) is 8.51. The summed E-state index contributed by atoms with van der Waals surface area (Å²) in [5.41, 5.74) is 1.02. The van der Waals surface area contributed by atoms with Gasteiger partial charge in [-0.1, -0.05) is 27.5 Å². The van der Waals surface area contributed by atoms with Crippen molar-refractivity contribution in [3.63, 3.8) is 0 Å². The minimum absolute atomic E-state index is 0.123. The summed E-state index contributed by atoms with van der Waals surface area (Å²) in [6.45, 7) is 1.40. The summed E-state index contributed by atoms with van der Waals surface area (Å²) in [7, 11) is 3.95. The minimum atomic E-state index is -0.123. The Labute approximate surface area is 150 Å². The molecule has 0 fully saturated rings. The summed E-state index contributed by atoms with van der Waals surface area (Å²) in [6, 6.07) is 5.64. The van der Waals surface area contributed by atoms with Gasteiger partial charge in [-0.15, -0.1) is 0 Å². The van der Waals surface area contributed by atoms with Gasteiger partial charge >= 0.3 is 0 Å². The Kier molecular flexibility index (Phi) is 5.81. The van der Waals surface area contributed by atoms with E-state index in [-0.39, 0.29) is 5.78 Å². The van der Waals surface area contributed by atoms with Crippen molar-refractivity contribution in [2.45, 2.75) is 6.54 Å². The zero-order chi connectivity index (χ0) is 15.6. The van der Waals surface area contributed by atoms with Crippen LogP contribution in [0.15, 0.2) is 28.9 Å². The molecule has 0 saturated heterocycles. The average molecular weight is 483 g/mol. The topological polar surface area (TPSA) is 38.1 Å². The van der Waals surface area contributed by atoms with Gasteiger partial charge in [-0.2, -0.15) is 5.10 Å². The second-order valence-corrected chi connectivity index (χ2v) is 7.33. The van der Waals surface area contributed by atoms with Gasteiger partial charge in [0.1, 0.15) is 5.69 Å². The average Bonchev–Trinajstić information content (AvgIpc) is 2.79. The zero-order valence-corrected chi connectivity index (χ0v) is 16.1. The molecule has 21 heavy (non-hydrogen) atoms. The van der Waals surface area contributed by atoms with Crippen LogP contribution in [0.1, 0.15) is 16.1 Å². The number of likely N-dealkylation sites (N-methyl/N-ethyl adjacent to an activating group) is 1. The van der Waals surface area contributed by atoms with Crippen LogP contribution in [-0.2, 0) is 6.54 Å². The van der Waals surface area contributed by atoms with Gasteiger partial charge in [-0.3, -0.25) is 9.48 Å². The highest BCUT2D eigenvalue weighted by molar-refractivity contribution is 14.1. The van der Waals surface area contributed by atoms with Gasteiger partial charge in [0, 0.05) is 20.2 Å². The number of halogens is 3. The van der Waals surface area contributed by atoms with Gasteiger partial charge in [-0.25, -0.2) is 0 Å². The molecule has 2 rings (SSSR count). The number of carbonyl (C=O) groups excluding carboxylic acids is 1. The maximum Gasteiger partial charge on any atom is 0.213 e. The Bertz CT molecular complexity index is 672. The van der Waals surface area contributed by atoms with E-state index in [9.17, 15) is 4.79 Å². The molecule has 0 unspecified atom stereocenters. The molecule has 1 heterocycles. The number of carbonyl (C=O) groups is 1. The van der Waals surface area contributed by atoms with Crippen LogP contribution in [0.4, 0.5) is 0 Å². The lowest BCUT2D eigenvalue weighted by molar-refractivity contribution is 0.102. The molecule has 2 aromatic rings. The molecular formula is C14H14BrClIN3O. The predicted molar refractivity (Wildman–Crippen MR) is 96.1 cm³/mol. The molecule has 0 saturated carbocycles. The third-order valence-corrected chi connectivity index (χ3v) is 4.58. The molecule has 1 aromatic carbocycles. The zero-order valence-electron chi connectivity index (χ0n) is 11.6. The Morgan fingerprint density at radius 3 is 2.86 bits per heavy atom. The molecule has 0 amide bonds. The van der Waals surface area contributed by atoms with Crippen LogP contribution in [0.3, 0.4) is 0 Å². The highest BCUT2D eigenvalue weighted by atomic mass is 127. The first-order valence-electron chi connectivity index (χ1n) is 6.26. The lowest BCUT2D eigenvalue weighted by atomic mass is 10.1. The number of hydrogen-bond acceptors (Lipinski definition) is 3. The van der Waals surface area contributed by atoms with Crippen molar-refractivity contribution in [1.82, 2.24) is 14.7 Å². The summed E-state index contributed by atoms with van der Waals surface area (Å²) in [4.78, 5) is 14.8. The quantitative estimate of drug-likeness (QED) is 0.482. The first kappa shape index (κ1) is 16.9. The second kappa shape index (κ2) is 7.21. The lowest BCUT2D eigenvalue weighted by Crippen LogP contribution is -2.22. The monoisotopic (exact) mass is 481 g/mol. The second-order valence-electron chi connectivity index (χ2n) is 4.82. The van der Waals surface area contributed by atoms with Crippen LogP contribution >= 0.6 is 50.1 Å². The van der Waals surface area contributed by atoms with Gasteiger partial charge in [0.2, 0.25) is 5.78 Å². The molecule has 4 nitrogen and oxygen atoms in total. The number of nitrogens with zero attached hydrogens (tertiary/aromatic N) is 3. The molecule has 0 aliphatic rings. The molecule has 0 atom stereocenters. The molecule has 7 heteroatoms. The van der Waals surface area contributed by atoms with Gasteiger partial charge in [-0.05, 0) is 54.9 Å². The summed E-state index contributed by atoms with van der Waals surface area (Å²) in [6.07, 6.45) is 1.52. The third-order valence-electron chi connectivity index (χ3n) is 2.94. The van der Waals surface area contributed by atoms with E-state index in [1.54, 1.807) is 4.68 Å². The van der Waals surface area contributed by atoms with E-state index in [1.165, 1.54) is 6.20 Å². The fourth-order valence-electron chi connectivity index (χ4n) is 1.85. The van der Waals surface area contributed by atoms with E-state index in [0.717, 1.165) is 14.6 Å². The van der Waals surface area contributed by atoms with Crippen LogP contribution < -0.4 is 0 Å². The molecule has 112 valence electrons. The van der Waals surface area contributed by atoms with E-state index in [1.807, 2.05) is 37.2 Å². The fourth-order valence-corrected chi connectivity index (χ4v) is 3.00. The summed E-state index contributed by atoms with van der Waals surface area (Å²) >= 11 is 11.8. The number of rotatable bonds is 5. The van der Waals surface area contributed by atoms with Crippen LogP contribution in [0, 0.1) is 3.57 Å². The van der Waals surface area contributed by atoms with Crippen LogP contribution in [0.5, 0.6) is 0 Å². The molecule has 0 aliphatic heterocycles. The van der Waals surface area contributed by atoms with E-state index in [4.69, 9.17) is 11.6 Å². The molecule has 0 bridgehead atoms. The fraction of sp³-hybridized carbons (Fsp3) is 0.286. The van der Waals surface area contributed by atoms with Crippen molar-refractivity contribution in [2.24, 2.45) is 0 Å². The van der Waals surface area contributed by atoms with Gasteiger partial charge in [0.05, 0.1) is 17.8 Å².